The molecule has 0 aliphatic carbocycles. The molecule has 0 spiro atoms. The zero-order valence-electron chi connectivity index (χ0n) is 15.4. The summed E-state index contributed by atoms with van der Waals surface area (Å²) >= 11 is 6.36. The second kappa shape index (κ2) is 7.81. The lowest BCUT2D eigenvalue weighted by molar-refractivity contribution is 0.222. The van der Waals surface area contributed by atoms with E-state index < -0.39 is 0 Å². The summed E-state index contributed by atoms with van der Waals surface area (Å²) in [5, 5.41) is 0.771. The van der Waals surface area contributed by atoms with E-state index in [9.17, 15) is 0 Å². The summed E-state index contributed by atoms with van der Waals surface area (Å²) in [4.78, 5) is 10.2. The summed E-state index contributed by atoms with van der Waals surface area (Å²) < 4.78 is 0. The van der Waals surface area contributed by atoms with Crippen LogP contribution in [0.4, 0.5) is 5.69 Å². The van der Waals surface area contributed by atoms with Crippen LogP contribution in [0.5, 0.6) is 0 Å². The normalized spacial score (nSPS) is 20.2. The van der Waals surface area contributed by atoms with Crippen LogP contribution in [-0.4, -0.2) is 49.4 Å². The molecule has 1 atom stereocenters. The van der Waals surface area contributed by atoms with Gasteiger partial charge in [0.1, 0.15) is 0 Å². The Morgan fingerprint density at radius 3 is 2.77 bits per heavy atom. The Hall–Kier alpha value is -1.84. The SMILES string of the molecule is CCCCN1CCN2c3ccc(Cl)cc3C(c3ccccc3)=NCC2C1. The summed E-state index contributed by atoms with van der Waals surface area (Å²) in [5.74, 6) is 0. The van der Waals surface area contributed by atoms with Crippen molar-refractivity contribution in [3.63, 3.8) is 0 Å². The van der Waals surface area contributed by atoms with Crippen LogP contribution in [0.25, 0.3) is 0 Å². The number of nitrogens with zero attached hydrogens (tertiary/aromatic N) is 3. The van der Waals surface area contributed by atoms with Crippen molar-refractivity contribution in [2.24, 2.45) is 4.99 Å². The zero-order valence-corrected chi connectivity index (χ0v) is 16.1. The van der Waals surface area contributed by atoms with Crippen LogP contribution in [-0.2, 0) is 0 Å². The first-order valence-electron chi connectivity index (χ1n) is 9.65. The lowest BCUT2D eigenvalue weighted by Gasteiger charge is -2.42. The molecule has 0 amide bonds. The fraction of sp³-hybridized carbons (Fsp3) is 0.409. The number of hydrogen-bond donors (Lipinski definition) is 0. The Morgan fingerprint density at radius 2 is 1.96 bits per heavy atom. The van der Waals surface area contributed by atoms with Gasteiger partial charge in [0.25, 0.3) is 0 Å². The van der Waals surface area contributed by atoms with Crippen molar-refractivity contribution in [1.29, 1.82) is 0 Å². The highest BCUT2D eigenvalue weighted by Crippen LogP contribution is 2.32. The van der Waals surface area contributed by atoms with E-state index in [4.69, 9.17) is 16.6 Å². The molecule has 4 heteroatoms. The van der Waals surface area contributed by atoms with Gasteiger partial charge in [-0.05, 0) is 31.2 Å². The standard InChI is InChI=1S/C22H26ClN3/c1-2-3-11-25-12-13-26-19(16-25)15-24-22(17-7-5-4-6-8-17)20-14-18(23)9-10-21(20)26/h4-10,14,19H,2-3,11-13,15-16H2,1H3. The highest BCUT2D eigenvalue weighted by atomic mass is 35.5. The topological polar surface area (TPSA) is 18.8 Å². The van der Waals surface area contributed by atoms with E-state index >= 15 is 0 Å². The van der Waals surface area contributed by atoms with E-state index in [1.807, 2.05) is 6.07 Å². The fourth-order valence-corrected chi connectivity index (χ4v) is 4.22. The molecule has 2 aliphatic heterocycles. The van der Waals surface area contributed by atoms with Gasteiger partial charge in [0.05, 0.1) is 18.3 Å². The maximum atomic E-state index is 6.36. The van der Waals surface area contributed by atoms with Crippen LogP contribution >= 0.6 is 11.6 Å². The van der Waals surface area contributed by atoms with Crippen molar-refractivity contribution < 1.29 is 0 Å². The molecule has 4 rings (SSSR count). The number of fused-ring (bicyclic) bond motifs is 3. The number of piperazine rings is 1. The maximum Gasteiger partial charge on any atom is 0.0741 e. The Bertz CT molecular complexity index is 787. The Labute approximate surface area is 161 Å². The molecule has 2 aliphatic rings. The Kier molecular flexibility index (Phi) is 5.28. The number of anilines is 1. The average Bonchev–Trinajstić information content (AvgIpc) is 2.83. The van der Waals surface area contributed by atoms with Crippen molar-refractivity contribution in [2.75, 3.05) is 37.6 Å². The largest absolute Gasteiger partial charge is 0.364 e. The molecule has 0 aromatic heterocycles. The first-order valence-corrected chi connectivity index (χ1v) is 10.0. The Morgan fingerprint density at radius 1 is 1.12 bits per heavy atom. The van der Waals surface area contributed by atoms with Crippen molar-refractivity contribution >= 4 is 23.0 Å². The molecule has 26 heavy (non-hydrogen) atoms. The first-order chi connectivity index (χ1) is 12.8. The molecule has 2 heterocycles. The van der Waals surface area contributed by atoms with Gasteiger partial charge < -0.3 is 4.90 Å². The summed E-state index contributed by atoms with van der Waals surface area (Å²) in [5.41, 5.74) is 4.67. The third-order valence-electron chi connectivity index (χ3n) is 5.43. The molecule has 1 fully saturated rings. The molecule has 0 bridgehead atoms. The molecular weight excluding hydrogens is 342 g/mol. The second-order valence-electron chi connectivity index (χ2n) is 7.22. The minimum Gasteiger partial charge on any atom is -0.364 e. The maximum absolute atomic E-state index is 6.36. The van der Waals surface area contributed by atoms with Crippen molar-refractivity contribution in [3.05, 3.63) is 64.7 Å². The number of halogens is 1. The highest BCUT2D eigenvalue weighted by molar-refractivity contribution is 6.31. The van der Waals surface area contributed by atoms with Gasteiger partial charge in [-0.15, -0.1) is 0 Å². The van der Waals surface area contributed by atoms with Gasteiger partial charge in [-0.3, -0.25) is 9.89 Å². The summed E-state index contributed by atoms with van der Waals surface area (Å²) in [6, 6.07) is 17.2. The number of benzene rings is 2. The molecule has 2 aromatic carbocycles. The molecule has 0 N–H and O–H groups in total. The Balaban J connectivity index is 1.71. The summed E-state index contributed by atoms with van der Waals surface area (Å²) in [7, 11) is 0. The summed E-state index contributed by atoms with van der Waals surface area (Å²) in [6.45, 7) is 7.56. The predicted molar refractivity (Wildman–Crippen MR) is 111 cm³/mol. The van der Waals surface area contributed by atoms with E-state index in [2.05, 4.69) is 59.2 Å². The zero-order chi connectivity index (χ0) is 17.9. The van der Waals surface area contributed by atoms with E-state index in [0.717, 1.165) is 42.5 Å². The number of rotatable bonds is 4. The predicted octanol–water partition coefficient (Wildman–Crippen LogP) is 4.48. The van der Waals surface area contributed by atoms with Gasteiger partial charge in [0, 0.05) is 41.5 Å². The number of unbranched alkanes of at least 4 members (excludes halogenated alkanes) is 1. The molecule has 0 saturated carbocycles. The van der Waals surface area contributed by atoms with E-state index in [0.29, 0.717) is 6.04 Å². The van der Waals surface area contributed by atoms with Crippen LogP contribution in [0, 0.1) is 0 Å². The monoisotopic (exact) mass is 367 g/mol. The van der Waals surface area contributed by atoms with Crippen molar-refractivity contribution in [3.8, 4) is 0 Å². The van der Waals surface area contributed by atoms with Crippen LogP contribution in [0.2, 0.25) is 5.02 Å². The second-order valence-corrected chi connectivity index (χ2v) is 7.65. The number of aliphatic imine (C=N–C) groups is 1. The van der Waals surface area contributed by atoms with Crippen LogP contribution < -0.4 is 4.90 Å². The van der Waals surface area contributed by atoms with Crippen molar-refractivity contribution in [1.82, 2.24) is 4.90 Å². The molecule has 0 radical (unpaired) electrons. The van der Waals surface area contributed by atoms with Gasteiger partial charge in [-0.1, -0.05) is 55.3 Å². The van der Waals surface area contributed by atoms with Gasteiger partial charge in [-0.2, -0.15) is 0 Å². The number of hydrogen-bond acceptors (Lipinski definition) is 3. The first kappa shape index (κ1) is 17.6. The third-order valence-corrected chi connectivity index (χ3v) is 5.66. The van der Waals surface area contributed by atoms with Gasteiger partial charge in [0.2, 0.25) is 0 Å². The average molecular weight is 368 g/mol. The van der Waals surface area contributed by atoms with Crippen molar-refractivity contribution in [2.45, 2.75) is 25.8 Å². The van der Waals surface area contributed by atoms with E-state index in [1.165, 1.54) is 30.6 Å². The molecule has 3 nitrogen and oxygen atoms in total. The van der Waals surface area contributed by atoms with Gasteiger partial charge in [-0.25, -0.2) is 0 Å². The quantitative estimate of drug-likeness (QED) is 0.793. The van der Waals surface area contributed by atoms with E-state index in [-0.39, 0.29) is 0 Å². The van der Waals surface area contributed by atoms with Crippen LogP contribution in [0.1, 0.15) is 30.9 Å². The molecular formula is C22H26ClN3. The molecule has 136 valence electrons. The minimum atomic E-state index is 0.432. The highest BCUT2D eigenvalue weighted by Gasteiger charge is 2.31. The molecule has 1 saturated heterocycles. The minimum absolute atomic E-state index is 0.432. The lowest BCUT2D eigenvalue weighted by atomic mass is 9.99. The van der Waals surface area contributed by atoms with Gasteiger partial charge >= 0.3 is 0 Å². The smallest absolute Gasteiger partial charge is 0.0741 e. The molecule has 2 aromatic rings. The fourth-order valence-electron chi connectivity index (χ4n) is 4.05. The lowest BCUT2D eigenvalue weighted by Crippen LogP contribution is -2.54. The van der Waals surface area contributed by atoms with Crippen LogP contribution in [0.15, 0.2) is 53.5 Å². The van der Waals surface area contributed by atoms with Gasteiger partial charge in [0.15, 0.2) is 0 Å². The third kappa shape index (κ3) is 3.51. The van der Waals surface area contributed by atoms with E-state index in [1.54, 1.807) is 0 Å². The summed E-state index contributed by atoms with van der Waals surface area (Å²) in [6.07, 6.45) is 2.53. The van der Waals surface area contributed by atoms with Crippen LogP contribution in [0.3, 0.4) is 0 Å². The molecule has 1 unspecified atom stereocenters.